The minimum Gasteiger partial charge on any atom is -0.488 e. The van der Waals surface area contributed by atoms with E-state index in [1.165, 1.54) is 16.7 Å². The van der Waals surface area contributed by atoms with Crippen LogP contribution in [0.15, 0.2) is 73.1 Å². The van der Waals surface area contributed by atoms with E-state index in [1.807, 2.05) is 37.4 Å². The van der Waals surface area contributed by atoms with E-state index in [9.17, 15) is 5.11 Å². The van der Waals surface area contributed by atoms with Gasteiger partial charge in [0.1, 0.15) is 11.9 Å². The molecule has 0 saturated heterocycles. The largest absolute Gasteiger partial charge is 0.488 e. The molecule has 0 amide bonds. The Morgan fingerprint density at radius 2 is 1.70 bits per heavy atom. The monoisotopic (exact) mass is 404 g/mol. The summed E-state index contributed by atoms with van der Waals surface area (Å²) in [4.78, 5) is 6.32. The molecule has 2 unspecified atom stereocenters. The van der Waals surface area contributed by atoms with Gasteiger partial charge in [-0.2, -0.15) is 0 Å². The fourth-order valence-corrected chi connectivity index (χ4v) is 3.37. The second kappa shape index (κ2) is 10.9. The molecule has 4 heteroatoms. The average molecular weight is 405 g/mol. The Labute approximate surface area is 180 Å². The normalized spacial score (nSPS) is 13.2. The van der Waals surface area contributed by atoms with Crippen LogP contribution in [0, 0.1) is 0 Å². The molecule has 30 heavy (non-hydrogen) atoms. The van der Waals surface area contributed by atoms with Gasteiger partial charge in [-0.3, -0.25) is 4.98 Å². The number of aliphatic hydroxyl groups is 1. The Morgan fingerprint density at radius 1 is 0.933 bits per heavy atom. The maximum absolute atomic E-state index is 10.4. The van der Waals surface area contributed by atoms with Crippen molar-refractivity contribution in [2.45, 2.75) is 38.4 Å². The van der Waals surface area contributed by atoms with E-state index in [0.717, 1.165) is 30.7 Å². The lowest BCUT2D eigenvalue weighted by Crippen LogP contribution is -2.29. The Balaban J connectivity index is 1.55. The molecule has 158 valence electrons. The van der Waals surface area contributed by atoms with Gasteiger partial charge in [-0.15, -0.1) is 0 Å². The molecule has 4 nitrogen and oxygen atoms in total. The van der Waals surface area contributed by atoms with Gasteiger partial charge in [0.05, 0.1) is 6.10 Å². The predicted molar refractivity (Wildman–Crippen MR) is 123 cm³/mol. The molecule has 0 saturated carbocycles. The Kier molecular flexibility index (Phi) is 8.00. The summed E-state index contributed by atoms with van der Waals surface area (Å²) in [6.45, 7) is 2.95. The Hall–Kier alpha value is -2.69. The highest BCUT2D eigenvalue weighted by Gasteiger charge is 2.16. The number of hydrogen-bond donors (Lipinski definition) is 1. The van der Waals surface area contributed by atoms with Crippen LogP contribution in [-0.4, -0.2) is 47.8 Å². The zero-order chi connectivity index (χ0) is 21.3. The lowest BCUT2D eigenvalue weighted by molar-refractivity contribution is 0.0420. The predicted octanol–water partition coefficient (Wildman–Crippen LogP) is 4.61. The number of likely N-dealkylation sites (N-methyl/N-ethyl adjacent to an activating group) is 1. The van der Waals surface area contributed by atoms with Crippen LogP contribution in [0.4, 0.5) is 0 Å². The summed E-state index contributed by atoms with van der Waals surface area (Å²) >= 11 is 0. The van der Waals surface area contributed by atoms with Gasteiger partial charge in [0, 0.05) is 18.9 Å². The second-order valence-corrected chi connectivity index (χ2v) is 8.07. The van der Waals surface area contributed by atoms with Gasteiger partial charge in [-0.25, -0.2) is 0 Å². The molecule has 3 rings (SSSR count). The van der Waals surface area contributed by atoms with E-state index in [-0.39, 0.29) is 6.10 Å². The highest BCUT2D eigenvalue weighted by molar-refractivity contribution is 5.64. The topological polar surface area (TPSA) is 45.6 Å². The van der Waals surface area contributed by atoms with Crippen LogP contribution in [-0.2, 0) is 12.8 Å². The lowest BCUT2D eigenvalue weighted by atomic mass is 10.0. The number of pyridine rings is 1. The van der Waals surface area contributed by atoms with E-state index in [1.54, 1.807) is 6.20 Å². The third kappa shape index (κ3) is 6.68. The molecule has 0 radical (unpaired) electrons. The van der Waals surface area contributed by atoms with Gasteiger partial charge in [0.2, 0.25) is 0 Å². The SMILES string of the molecule is CC(Oc1ccc(-c2cccc(CCN(C)C)c2)cc1)C(O)CCc1cccnc1. The molecule has 0 bridgehead atoms. The first-order chi connectivity index (χ1) is 14.5. The fraction of sp³-hybridized carbons (Fsp3) is 0.346. The van der Waals surface area contributed by atoms with Crippen LogP contribution in [0.1, 0.15) is 24.5 Å². The summed E-state index contributed by atoms with van der Waals surface area (Å²) in [5.74, 6) is 0.774. The summed E-state index contributed by atoms with van der Waals surface area (Å²) in [6.07, 6.45) is 5.26. The molecule has 3 aromatic rings. The lowest BCUT2D eigenvalue weighted by Gasteiger charge is -2.20. The molecule has 1 heterocycles. The summed E-state index contributed by atoms with van der Waals surface area (Å²) in [5, 5.41) is 10.4. The highest BCUT2D eigenvalue weighted by atomic mass is 16.5. The van der Waals surface area contributed by atoms with Crippen LogP contribution in [0.3, 0.4) is 0 Å². The zero-order valence-electron chi connectivity index (χ0n) is 18.2. The van der Waals surface area contributed by atoms with Crippen LogP contribution >= 0.6 is 0 Å². The zero-order valence-corrected chi connectivity index (χ0v) is 18.2. The van der Waals surface area contributed by atoms with Gasteiger partial charge in [-0.1, -0.05) is 42.5 Å². The maximum Gasteiger partial charge on any atom is 0.122 e. The average Bonchev–Trinajstić information content (AvgIpc) is 2.77. The maximum atomic E-state index is 10.4. The quantitative estimate of drug-likeness (QED) is 0.536. The first-order valence-corrected chi connectivity index (χ1v) is 10.6. The molecule has 0 aliphatic rings. The number of benzene rings is 2. The third-order valence-corrected chi connectivity index (χ3v) is 5.28. The first kappa shape index (κ1) is 22.0. The number of aromatic nitrogens is 1. The first-order valence-electron chi connectivity index (χ1n) is 10.6. The van der Waals surface area contributed by atoms with Crippen LogP contribution in [0.25, 0.3) is 11.1 Å². The highest BCUT2D eigenvalue weighted by Crippen LogP contribution is 2.24. The van der Waals surface area contributed by atoms with Gasteiger partial charge >= 0.3 is 0 Å². The van der Waals surface area contributed by atoms with Crippen molar-refractivity contribution in [3.05, 3.63) is 84.2 Å². The number of ether oxygens (including phenoxy) is 1. The van der Waals surface area contributed by atoms with Crippen molar-refractivity contribution in [2.75, 3.05) is 20.6 Å². The van der Waals surface area contributed by atoms with E-state index < -0.39 is 6.10 Å². The van der Waals surface area contributed by atoms with Crippen molar-refractivity contribution in [2.24, 2.45) is 0 Å². The molecule has 0 aliphatic carbocycles. The summed E-state index contributed by atoms with van der Waals surface area (Å²) in [5.41, 5.74) is 4.84. The fourth-order valence-electron chi connectivity index (χ4n) is 3.37. The molecule has 0 aliphatic heterocycles. The molecule has 1 N–H and O–H groups in total. The van der Waals surface area contributed by atoms with Gasteiger partial charge < -0.3 is 14.7 Å². The van der Waals surface area contributed by atoms with Crippen molar-refractivity contribution in [1.82, 2.24) is 9.88 Å². The van der Waals surface area contributed by atoms with E-state index in [2.05, 4.69) is 60.4 Å². The number of hydrogen-bond acceptors (Lipinski definition) is 4. The third-order valence-electron chi connectivity index (χ3n) is 5.28. The van der Waals surface area contributed by atoms with Gasteiger partial charge in [0.25, 0.3) is 0 Å². The molecular weight excluding hydrogens is 372 g/mol. The van der Waals surface area contributed by atoms with Crippen LogP contribution in [0.2, 0.25) is 0 Å². The van der Waals surface area contributed by atoms with Crippen LogP contribution < -0.4 is 4.74 Å². The van der Waals surface area contributed by atoms with Crippen LogP contribution in [0.5, 0.6) is 5.75 Å². The van der Waals surface area contributed by atoms with Crippen molar-refractivity contribution >= 4 is 0 Å². The second-order valence-electron chi connectivity index (χ2n) is 8.07. The molecular formula is C26H32N2O2. The summed E-state index contributed by atoms with van der Waals surface area (Å²) < 4.78 is 5.97. The smallest absolute Gasteiger partial charge is 0.122 e. The van der Waals surface area contributed by atoms with Gasteiger partial charge in [-0.05, 0) is 80.7 Å². The van der Waals surface area contributed by atoms with E-state index in [0.29, 0.717) is 6.42 Å². The van der Waals surface area contributed by atoms with Crippen molar-refractivity contribution in [1.29, 1.82) is 0 Å². The standard InChI is InChI=1S/C26H32N2O2/c1-20(26(29)14-9-22-7-5-16-27-19-22)30-25-12-10-23(11-13-25)24-8-4-6-21(18-24)15-17-28(2)3/h4-8,10-13,16,18-20,26,29H,9,14-15,17H2,1-3H3. The van der Waals surface area contributed by atoms with Crippen molar-refractivity contribution < 1.29 is 9.84 Å². The Morgan fingerprint density at radius 3 is 2.40 bits per heavy atom. The molecule has 0 fully saturated rings. The number of nitrogens with zero attached hydrogens (tertiary/aromatic N) is 2. The molecule has 0 spiro atoms. The van der Waals surface area contributed by atoms with E-state index >= 15 is 0 Å². The van der Waals surface area contributed by atoms with Gasteiger partial charge in [0.15, 0.2) is 0 Å². The summed E-state index contributed by atoms with van der Waals surface area (Å²) in [7, 11) is 4.19. The number of aryl methyl sites for hydroxylation is 1. The molecule has 2 atom stereocenters. The number of rotatable bonds is 10. The Bertz CT molecular complexity index is 894. The van der Waals surface area contributed by atoms with Crippen molar-refractivity contribution in [3.63, 3.8) is 0 Å². The van der Waals surface area contributed by atoms with Crippen molar-refractivity contribution in [3.8, 4) is 16.9 Å². The summed E-state index contributed by atoms with van der Waals surface area (Å²) in [6, 6.07) is 20.7. The van der Waals surface area contributed by atoms with E-state index in [4.69, 9.17) is 4.74 Å². The molecule has 2 aromatic carbocycles. The minimum absolute atomic E-state index is 0.276. The minimum atomic E-state index is -0.529. The number of aliphatic hydroxyl groups excluding tert-OH is 1. The molecule has 1 aromatic heterocycles.